The summed E-state index contributed by atoms with van der Waals surface area (Å²) in [5.41, 5.74) is -0.303. The van der Waals surface area contributed by atoms with Crippen molar-refractivity contribution in [3.63, 3.8) is 0 Å². The number of hydrogen-bond donors (Lipinski definition) is 5. The molecule has 0 saturated heterocycles. The van der Waals surface area contributed by atoms with Gasteiger partial charge in [-0.2, -0.15) is 0 Å². The Labute approximate surface area is 263 Å². The average Bonchev–Trinajstić information content (AvgIpc) is 2.33. The number of aliphatic hydroxyl groups excluding tert-OH is 1. The first-order valence-corrected chi connectivity index (χ1v) is 8.71. The molecule has 0 aliphatic carbocycles. The standard InChI is InChI=1S/C5H6O4.C4H6O5.4Na.H4O7P2/c1-3(5(8)9)2-4(6)7;5-2(4(8)9)1-3(6)7;;;;;1-8(2,3)7-9(4,5)6/h1-2H2,(H,6,7)(H,8,9);2,5H,1H2,(H,6,7)(H,8,9);;;;;(H2,1,2,3)(H2,4,5,6)/q;;4*+1;/p-4. The zero-order valence-electron chi connectivity index (χ0n) is 16.8. The second kappa shape index (κ2) is 24.9. The largest absolute Gasteiger partial charge is 1.00 e. The van der Waals surface area contributed by atoms with Crippen LogP contribution in [0.3, 0.4) is 0 Å². The molecule has 0 bridgehead atoms. The topological polar surface area (TPSA) is 305 Å². The maximum atomic E-state index is 9.87. The molecule has 0 amide bonds. The van der Waals surface area contributed by atoms with Crippen molar-refractivity contribution in [1.29, 1.82) is 0 Å². The maximum Gasteiger partial charge on any atom is 1.00 e. The van der Waals surface area contributed by atoms with Gasteiger partial charge in [0.15, 0.2) is 6.10 Å². The van der Waals surface area contributed by atoms with E-state index in [9.17, 15) is 47.9 Å². The van der Waals surface area contributed by atoms with E-state index in [1.807, 2.05) is 0 Å². The number of carboxylic acids is 4. The van der Waals surface area contributed by atoms with Crippen LogP contribution in [-0.2, 0) is 32.6 Å². The zero-order chi connectivity index (χ0) is 22.6. The quantitative estimate of drug-likeness (QED) is 0.110. The summed E-state index contributed by atoms with van der Waals surface area (Å²) in [4.78, 5) is 76.4. The minimum atomic E-state index is -5.68. The molecule has 1 unspecified atom stereocenters. The normalized spacial score (nSPS) is 10.1. The predicted octanol–water partition coefficient (Wildman–Crippen LogP) is -16.3. The molecule has 0 fully saturated rings. The van der Waals surface area contributed by atoms with Gasteiger partial charge in [-0.3, -0.25) is 9.59 Å². The molecule has 0 aliphatic heterocycles. The van der Waals surface area contributed by atoms with Crippen molar-refractivity contribution in [3.8, 4) is 0 Å². The smallest absolute Gasteiger partial charge is 0.790 e. The Hall–Kier alpha value is 1.84. The number of aliphatic hydroxyl groups is 1. The Morgan fingerprint density at radius 1 is 0.806 bits per heavy atom. The molecule has 0 aromatic rings. The summed E-state index contributed by atoms with van der Waals surface area (Å²) in [5.74, 6) is -5.29. The number of carboxylic acid groups (broad SMARTS) is 4. The molecule has 0 radical (unpaired) electrons. The van der Waals surface area contributed by atoms with Gasteiger partial charge < -0.3 is 58.5 Å². The van der Waals surface area contributed by atoms with Gasteiger partial charge in [-0.1, -0.05) is 6.58 Å². The predicted molar refractivity (Wildman–Crippen MR) is 71.2 cm³/mol. The van der Waals surface area contributed by atoms with Crippen molar-refractivity contribution in [1.82, 2.24) is 0 Å². The Morgan fingerprint density at radius 3 is 1.19 bits per heavy atom. The van der Waals surface area contributed by atoms with Crippen LogP contribution in [0.15, 0.2) is 12.2 Å². The Morgan fingerprint density at radius 2 is 1.13 bits per heavy atom. The minimum Gasteiger partial charge on any atom is -0.790 e. The van der Waals surface area contributed by atoms with E-state index >= 15 is 0 Å². The Kier molecular flexibility index (Phi) is 40.1. The molecular weight excluding hydrogens is 518 g/mol. The second-order valence-corrected chi connectivity index (χ2v) is 6.35. The van der Waals surface area contributed by atoms with Crippen LogP contribution in [0.5, 0.6) is 0 Å². The van der Waals surface area contributed by atoms with Crippen LogP contribution in [0.4, 0.5) is 0 Å². The van der Waals surface area contributed by atoms with E-state index in [0.29, 0.717) is 0 Å². The van der Waals surface area contributed by atoms with E-state index < -0.39 is 58.5 Å². The third kappa shape index (κ3) is 49.9. The molecule has 31 heavy (non-hydrogen) atoms. The van der Waals surface area contributed by atoms with Gasteiger partial charge in [0.1, 0.15) is 0 Å². The Bertz CT molecular complexity index is 637. The first-order valence-electron chi connectivity index (χ1n) is 5.79. The van der Waals surface area contributed by atoms with Gasteiger partial charge in [0.2, 0.25) is 0 Å². The van der Waals surface area contributed by atoms with Crippen molar-refractivity contribution in [2.24, 2.45) is 0 Å². The van der Waals surface area contributed by atoms with E-state index in [4.69, 9.17) is 25.5 Å². The van der Waals surface area contributed by atoms with Gasteiger partial charge in [0, 0.05) is 5.57 Å². The van der Waals surface area contributed by atoms with Crippen LogP contribution >= 0.6 is 15.6 Å². The van der Waals surface area contributed by atoms with Gasteiger partial charge in [0.25, 0.3) is 0 Å². The molecule has 0 saturated carbocycles. The SMILES string of the molecule is C=C(CC(=O)O)C(=O)O.O=C(O)CC(O)C(=O)O.O=P([O-])([O-])OP(=O)([O-])[O-].[Na+].[Na+].[Na+].[Na+]. The molecule has 16 nitrogen and oxygen atoms in total. The number of carbonyl (C=O) groups is 4. The van der Waals surface area contributed by atoms with Crippen LogP contribution in [0.2, 0.25) is 0 Å². The first kappa shape index (κ1) is 49.9. The summed E-state index contributed by atoms with van der Waals surface area (Å²) >= 11 is 0. The summed E-state index contributed by atoms with van der Waals surface area (Å²) in [6.45, 7) is 3.01. The third-order valence-corrected chi connectivity index (χ3v) is 3.12. The average molecular weight is 530 g/mol. The van der Waals surface area contributed by atoms with E-state index in [2.05, 4.69) is 10.9 Å². The summed E-state index contributed by atoms with van der Waals surface area (Å²) in [6, 6.07) is 0. The number of rotatable bonds is 8. The van der Waals surface area contributed by atoms with Crippen molar-refractivity contribution < 1.29 is 196 Å². The molecule has 0 aromatic heterocycles. The van der Waals surface area contributed by atoms with Crippen molar-refractivity contribution in [2.75, 3.05) is 0 Å². The Balaban J connectivity index is -0.0000000524. The molecule has 5 N–H and O–H groups in total. The zero-order valence-corrected chi connectivity index (χ0v) is 26.6. The molecule has 0 spiro atoms. The van der Waals surface area contributed by atoms with Crippen LogP contribution in [0, 0.1) is 0 Å². The van der Waals surface area contributed by atoms with Gasteiger partial charge in [0.05, 0.1) is 28.5 Å². The number of phosphoric acid groups is 2. The molecule has 0 rings (SSSR count). The minimum absolute atomic E-state index is 0. The van der Waals surface area contributed by atoms with Gasteiger partial charge in [-0.25, -0.2) is 9.59 Å². The van der Waals surface area contributed by atoms with Crippen molar-refractivity contribution >= 4 is 39.5 Å². The third-order valence-electron chi connectivity index (χ3n) is 1.52. The van der Waals surface area contributed by atoms with Crippen molar-refractivity contribution in [2.45, 2.75) is 18.9 Å². The van der Waals surface area contributed by atoms with Crippen molar-refractivity contribution in [3.05, 3.63) is 12.2 Å². The fourth-order valence-corrected chi connectivity index (χ4v) is 1.61. The van der Waals surface area contributed by atoms with E-state index in [0.717, 1.165) is 0 Å². The molecule has 1 atom stereocenters. The van der Waals surface area contributed by atoms with Crippen LogP contribution < -0.4 is 138 Å². The van der Waals surface area contributed by atoms with Crippen LogP contribution in [-0.4, -0.2) is 55.5 Å². The summed E-state index contributed by atoms with van der Waals surface area (Å²) in [5, 5.41) is 40.2. The number of hydrogen-bond acceptors (Lipinski definition) is 12. The van der Waals surface area contributed by atoms with Crippen LogP contribution in [0.1, 0.15) is 12.8 Å². The molecule has 0 aromatic carbocycles. The molecule has 0 heterocycles. The summed E-state index contributed by atoms with van der Waals surface area (Å²) in [7, 11) is -11.4. The molecular formula is C9H12Na4O16P2. The van der Waals surface area contributed by atoms with E-state index in [1.165, 1.54) is 0 Å². The number of aliphatic carboxylic acids is 4. The molecule has 158 valence electrons. The second-order valence-electron chi connectivity index (χ2n) is 3.91. The summed E-state index contributed by atoms with van der Waals surface area (Å²) in [6.07, 6.45) is -3.05. The fourth-order valence-electron chi connectivity index (χ4n) is 0.633. The van der Waals surface area contributed by atoms with Gasteiger partial charge in [-0.15, -0.1) is 0 Å². The fraction of sp³-hybridized carbons (Fsp3) is 0.333. The molecule has 0 aliphatic rings. The summed E-state index contributed by atoms with van der Waals surface area (Å²) < 4.78 is 21.2. The van der Waals surface area contributed by atoms with E-state index in [-0.39, 0.29) is 124 Å². The maximum absolute atomic E-state index is 9.87. The first-order chi connectivity index (χ1) is 11.8. The monoisotopic (exact) mass is 530 g/mol. The van der Waals surface area contributed by atoms with E-state index in [1.54, 1.807) is 0 Å². The molecule has 22 heteroatoms. The van der Waals surface area contributed by atoms with Crippen LogP contribution in [0.25, 0.3) is 0 Å². The van der Waals surface area contributed by atoms with Gasteiger partial charge in [-0.05, 0) is 0 Å². The van der Waals surface area contributed by atoms with Gasteiger partial charge >= 0.3 is 142 Å².